The SMILES string of the molecule is C=C(C)CC(C(=O)O)c1cccc(Cl)c1. The molecule has 0 aliphatic carbocycles. The molecule has 1 aromatic rings. The highest BCUT2D eigenvalue weighted by Gasteiger charge is 2.19. The Morgan fingerprint density at radius 3 is 2.73 bits per heavy atom. The number of hydrogen-bond acceptors (Lipinski definition) is 1. The van der Waals surface area contributed by atoms with Crippen LogP contribution in [0.25, 0.3) is 0 Å². The fraction of sp³-hybridized carbons (Fsp3) is 0.250. The molecule has 0 saturated carbocycles. The van der Waals surface area contributed by atoms with Crippen molar-refractivity contribution in [1.29, 1.82) is 0 Å². The summed E-state index contributed by atoms with van der Waals surface area (Å²) in [6, 6.07) is 6.94. The second-order valence-corrected chi connectivity index (χ2v) is 4.04. The number of carboxylic acid groups (broad SMARTS) is 1. The first-order valence-corrected chi connectivity index (χ1v) is 5.01. The van der Waals surface area contributed by atoms with E-state index in [2.05, 4.69) is 6.58 Å². The summed E-state index contributed by atoms with van der Waals surface area (Å²) in [4.78, 5) is 11.1. The molecule has 0 aromatic heterocycles. The van der Waals surface area contributed by atoms with Crippen molar-refractivity contribution in [1.82, 2.24) is 0 Å². The van der Waals surface area contributed by atoms with Gasteiger partial charge in [-0.1, -0.05) is 29.3 Å². The largest absolute Gasteiger partial charge is 0.481 e. The predicted octanol–water partition coefficient (Wildman–Crippen LogP) is 3.47. The molecule has 1 aromatic carbocycles. The first kappa shape index (κ1) is 11.8. The summed E-state index contributed by atoms with van der Waals surface area (Å²) >= 11 is 5.81. The zero-order valence-corrected chi connectivity index (χ0v) is 9.29. The van der Waals surface area contributed by atoms with Gasteiger partial charge >= 0.3 is 5.97 Å². The smallest absolute Gasteiger partial charge is 0.311 e. The first-order valence-electron chi connectivity index (χ1n) is 4.63. The molecular formula is C12H13ClO2. The van der Waals surface area contributed by atoms with Gasteiger partial charge in [-0.15, -0.1) is 6.58 Å². The Kier molecular flexibility index (Phi) is 3.92. The van der Waals surface area contributed by atoms with Crippen LogP contribution in [0.2, 0.25) is 5.02 Å². The number of aliphatic carboxylic acids is 1. The van der Waals surface area contributed by atoms with Crippen LogP contribution in [-0.4, -0.2) is 11.1 Å². The van der Waals surface area contributed by atoms with Gasteiger partial charge < -0.3 is 5.11 Å². The molecule has 1 N–H and O–H groups in total. The molecule has 2 nitrogen and oxygen atoms in total. The van der Waals surface area contributed by atoms with Gasteiger partial charge in [-0.05, 0) is 31.0 Å². The van der Waals surface area contributed by atoms with Gasteiger partial charge in [0.2, 0.25) is 0 Å². The third kappa shape index (κ3) is 3.40. The third-order valence-electron chi connectivity index (χ3n) is 2.10. The molecule has 3 heteroatoms. The topological polar surface area (TPSA) is 37.3 Å². The zero-order valence-electron chi connectivity index (χ0n) is 8.53. The minimum absolute atomic E-state index is 0.440. The molecular weight excluding hydrogens is 212 g/mol. The second kappa shape index (κ2) is 4.99. The third-order valence-corrected chi connectivity index (χ3v) is 2.34. The van der Waals surface area contributed by atoms with Gasteiger partial charge in [-0.3, -0.25) is 4.79 Å². The van der Waals surface area contributed by atoms with Crippen LogP contribution in [-0.2, 0) is 4.79 Å². The Morgan fingerprint density at radius 1 is 1.60 bits per heavy atom. The van der Waals surface area contributed by atoms with Crippen LogP contribution in [0.4, 0.5) is 0 Å². The number of rotatable bonds is 4. The van der Waals surface area contributed by atoms with Crippen LogP contribution in [0.3, 0.4) is 0 Å². The van der Waals surface area contributed by atoms with Crippen molar-refractivity contribution in [2.75, 3.05) is 0 Å². The molecule has 15 heavy (non-hydrogen) atoms. The fourth-order valence-electron chi connectivity index (χ4n) is 1.42. The minimum Gasteiger partial charge on any atom is -0.481 e. The predicted molar refractivity (Wildman–Crippen MR) is 61.3 cm³/mol. The summed E-state index contributed by atoms with van der Waals surface area (Å²) in [5, 5.41) is 9.64. The van der Waals surface area contributed by atoms with Crippen molar-refractivity contribution in [3.63, 3.8) is 0 Å². The number of carbonyl (C=O) groups is 1. The van der Waals surface area contributed by atoms with Crippen molar-refractivity contribution in [3.05, 3.63) is 47.0 Å². The van der Waals surface area contributed by atoms with E-state index in [1.807, 2.05) is 6.92 Å². The Balaban J connectivity index is 2.98. The number of benzene rings is 1. The van der Waals surface area contributed by atoms with Gasteiger partial charge in [0.15, 0.2) is 0 Å². The molecule has 0 amide bonds. The molecule has 0 radical (unpaired) electrons. The summed E-state index contributed by atoms with van der Waals surface area (Å²) in [7, 11) is 0. The maximum absolute atomic E-state index is 11.1. The maximum Gasteiger partial charge on any atom is 0.311 e. The van der Waals surface area contributed by atoms with Crippen molar-refractivity contribution in [3.8, 4) is 0 Å². The number of allylic oxidation sites excluding steroid dienone is 1. The number of halogens is 1. The molecule has 0 spiro atoms. The van der Waals surface area contributed by atoms with Crippen LogP contribution >= 0.6 is 11.6 Å². The molecule has 0 fully saturated rings. The Hall–Kier alpha value is -1.28. The van der Waals surface area contributed by atoms with Gasteiger partial charge in [0.1, 0.15) is 0 Å². The molecule has 80 valence electrons. The molecule has 0 saturated heterocycles. The van der Waals surface area contributed by atoms with Gasteiger partial charge in [0.25, 0.3) is 0 Å². The summed E-state index contributed by atoms with van der Waals surface area (Å²) in [6.07, 6.45) is 0.440. The summed E-state index contributed by atoms with van der Waals surface area (Å²) in [5.74, 6) is -1.40. The van der Waals surface area contributed by atoms with Gasteiger partial charge in [-0.2, -0.15) is 0 Å². The van der Waals surface area contributed by atoms with E-state index in [0.29, 0.717) is 11.4 Å². The average molecular weight is 225 g/mol. The van der Waals surface area contributed by atoms with E-state index in [4.69, 9.17) is 16.7 Å². The minimum atomic E-state index is -0.847. The van der Waals surface area contributed by atoms with Crippen molar-refractivity contribution in [2.24, 2.45) is 0 Å². The van der Waals surface area contributed by atoms with E-state index < -0.39 is 11.9 Å². The van der Waals surface area contributed by atoms with Crippen molar-refractivity contribution >= 4 is 17.6 Å². The highest BCUT2D eigenvalue weighted by molar-refractivity contribution is 6.30. The van der Waals surface area contributed by atoms with Crippen LogP contribution in [0, 0.1) is 0 Å². The first-order chi connectivity index (χ1) is 7.00. The fourth-order valence-corrected chi connectivity index (χ4v) is 1.62. The average Bonchev–Trinajstić information content (AvgIpc) is 2.13. The van der Waals surface area contributed by atoms with E-state index >= 15 is 0 Å². The molecule has 1 rings (SSSR count). The highest BCUT2D eigenvalue weighted by Crippen LogP contribution is 2.25. The summed E-state index contributed by atoms with van der Waals surface area (Å²) < 4.78 is 0. The van der Waals surface area contributed by atoms with Crippen LogP contribution in [0.5, 0.6) is 0 Å². The quantitative estimate of drug-likeness (QED) is 0.796. The van der Waals surface area contributed by atoms with Gasteiger partial charge in [0.05, 0.1) is 5.92 Å². The molecule has 0 bridgehead atoms. The van der Waals surface area contributed by atoms with E-state index in [9.17, 15) is 4.79 Å². The van der Waals surface area contributed by atoms with Gasteiger partial charge in [-0.25, -0.2) is 0 Å². The summed E-state index contributed by atoms with van der Waals surface area (Å²) in [6.45, 7) is 5.55. The van der Waals surface area contributed by atoms with Crippen molar-refractivity contribution < 1.29 is 9.90 Å². The Bertz CT molecular complexity index is 385. The molecule has 0 heterocycles. The van der Waals surface area contributed by atoms with E-state index in [0.717, 1.165) is 11.1 Å². The standard InChI is InChI=1S/C12H13ClO2/c1-8(2)6-11(12(14)15)9-4-3-5-10(13)7-9/h3-5,7,11H,1,6H2,2H3,(H,14,15). The van der Waals surface area contributed by atoms with E-state index in [-0.39, 0.29) is 0 Å². The van der Waals surface area contributed by atoms with E-state index in [1.54, 1.807) is 24.3 Å². The molecule has 0 aliphatic rings. The van der Waals surface area contributed by atoms with Crippen LogP contribution < -0.4 is 0 Å². The monoisotopic (exact) mass is 224 g/mol. The van der Waals surface area contributed by atoms with Crippen LogP contribution in [0.15, 0.2) is 36.4 Å². The van der Waals surface area contributed by atoms with Gasteiger partial charge in [0, 0.05) is 5.02 Å². The Morgan fingerprint density at radius 2 is 2.27 bits per heavy atom. The molecule has 1 unspecified atom stereocenters. The lowest BCUT2D eigenvalue weighted by atomic mass is 9.93. The van der Waals surface area contributed by atoms with E-state index in [1.165, 1.54) is 0 Å². The molecule has 0 aliphatic heterocycles. The normalized spacial score (nSPS) is 12.1. The second-order valence-electron chi connectivity index (χ2n) is 3.61. The molecule has 1 atom stereocenters. The lowest BCUT2D eigenvalue weighted by Gasteiger charge is -2.12. The number of hydrogen-bond donors (Lipinski definition) is 1. The Labute approximate surface area is 94.2 Å². The van der Waals surface area contributed by atoms with Crippen molar-refractivity contribution in [2.45, 2.75) is 19.3 Å². The summed E-state index contributed by atoms with van der Waals surface area (Å²) in [5.41, 5.74) is 1.57. The lowest BCUT2D eigenvalue weighted by Crippen LogP contribution is -2.11. The lowest BCUT2D eigenvalue weighted by molar-refractivity contribution is -0.138. The van der Waals surface area contributed by atoms with Crippen LogP contribution in [0.1, 0.15) is 24.8 Å². The number of carboxylic acids is 1. The highest BCUT2D eigenvalue weighted by atomic mass is 35.5. The zero-order chi connectivity index (χ0) is 11.4. The maximum atomic E-state index is 11.1.